The van der Waals surface area contributed by atoms with Gasteiger partial charge in [0.15, 0.2) is 0 Å². The first-order valence-corrected chi connectivity index (χ1v) is 14.0. The fraction of sp³-hybridized carbons (Fsp3) is 0.259. The molecule has 0 saturated heterocycles. The van der Waals surface area contributed by atoms with Crippen LogP contribution in [0.1, 0.15) is 11.1 Å². The van der Waals surface area contributed by atoms with Crippen molar-refractivity contribution in [3.8, 4) is 0 Å². The molecule has 208 valence electrons. The molecule has 0 radical (unpaired) electrons. The predicted molar refractivity (Wildman–Crippen MR) is 151 cm³/mol. The Bertz CT molecular complexity index is 1400. The maximum atomic E-state index is 14.8. The minimum absolute atomic E-state index is 0.119. The number of nitrogens with one attached hydrogen (secondary N) is 1. The maximum absolute atomic E-state index is 14.8. The first-order valence-electron chi connectivity index (χ1n) is 11.9. The molecule has 0 bridgehead atoms. The lowest BCUT2D eigenvalue weighted by atomic mass is 10.0. The lowest BCUT2D eigenvalue weighted by Crippen LogP contribution is -2.54. The quantitative estimate of drug-likeness (QED) is 0.361. The Morgan fingerprint density at radius 3 is 2.08 bits per heavy atom. The van der Waals surface area contributed by atoms with Gasteiger partial charge in [-0.25, -0.2) is 8.70 Å². The topological polar surface area (TPSA) is 90.0 Å². The van der Waals surface area contributed by atoms with Gasteiger partial charge >= 0.3 is 10.2 Å². The Kier molecular flexibility index (Phi) is 10.3. The van der Waals surface area contributed by atoms with Crippen LogP contribution in [0.15, 0.2) is 72.8 Å². The van der Waals surface area contributed by atoms with Crippen LogP contribution in [0.5, 0.6) is 0 Å². The van der Waals surface area contributed by atoms with E-state index in [2.05, 4.69) is 5.32 Å². The third-order valence-corrected chi connectivity index (χ3v) is 8.56. The molecule has 0 fully saturated rings. The second-order valence-corrected chi connectivity index (χ2v) is 11.7. The summed E-state index contributed by atoms with van der Waals surface area (Å²) in [5, 5.41) is 3.11. The van der Waals surface area contributed by atoms with Gasteiger partial charge in [-0.1, -0.05) is 71.7 Å². The van der Waals surface area contributed by atoms with Crippen molar-refractivity contribution in [2.24, 2.45) is 0 Å². The van der Waals surface area contributed by atoms with Gasteiger partial charge in [-0.15, -0.1) is 0 Å². The molecule has 0 unspecified atom stereocenters. The number of amides is 2. The minimum Gasteiger partial charge on any atom is -0.357 e. The lowest BCUT2D eigenvalue weighted by Gasteiger charge is -2.34. The Hall–Kier alpha value is -3.18. The number of para-hydroxylation sites is 1. The largest absolute Gasteiger partial charge is 0.357 e. The highest BCUT2D eigenvalue weighted by atomic mass is 35.5. The fourth-order valence-electron chi connectivity index (χ4n) is 3.93. The average Bonchev–Trinajstić information content (AvgIpc) is 2.91. The van der Waals surface area contributed by atoms with Crippen molar-refractivity contribution in [3.05, 3.63) is 99.8 Å². The number of nitrogens with zero attached hydrogens (tertiary/aromatic N) is 3. The number of anilines is 1. The zero-order chi connectivity index (χ0) is 28.7. The summed E-state index contributed by atoms with van der Waals surface area (Å²) in [6, 6.07) is 18.1. The summed E-state index contributed by atoms with van der Waals surface area (Å²) in [7, 11) is -0.327. The van der Waals surface area contributed by atoms with Crippen LogP contribution < -0.4 is 9.62 Å². The molecule has 0 heterocycles. The highest BCUT2D eigenvalue weighted by Gasteiger charge is 2.35. The van der Waals surface area contributed by atoms with Crippen molar-refractivity contribution < 1.29 is 22.4 Å². The van der Waals surface area contributed by atoms with Gasteiger partial charge in [0, 0.05) is 49.7 Å². The van der Waals surface area contributed by atoms with E-state index in [1.807, 2.05) is 18.2 Å². The molecule has 0 aliphatic rings. The number of hydrogen-bond acceptors (Lipinski definition) is 4. The van der Waals surface area contributed by atoms with Gasteiger partial charge < -0.3 is 10.2 Å². The maximum Gasteiger partial charge on any atom is 0.304 e. The van der Waals surface area contributed by atoms with Gasteiger partial charge in [-0.05, 0) is 29.8 Å². The van der Waals surface area contributed by atoms with Gasteiger partial charge in [-0.3, -0.25) is 9.59 Å². The zero-order valence-electron chi connectivity index (χ0n) is 21.6. The SMILES string of the molecule is CNC(=O)[C@@H](Cc1ccccc1)N(Cc1c(Cl)cccc1Cl)C(=O)CN(c1ccccc1F)S(=O)(=O)N(C)C. The van der Waals surface area contributed by atoms with Crippen LogP contribution in [-0.2, 0) is 32.8 Å². The minimum atomic E-state index is -4.32. The molecule has 39 heavy (non-hydrogen) atoms. The van der Waals surface area contributed by atoms with E-state index in [1.165, 1.54) is 44.2 Å². The van der Waals surface area contributed by atoms with Crippen molar-refractivity contribution in [2.75, 3.05) is 32.0 Å². The van der Waals surface area contributed by atoms with Gasteiger partial charge in [-0.2, -0.15) is 12.7 Å². The summed E-state index contributed by atoms with van der Waals surface area (Å²) in [4.78, 5) is 28.4. The first kappa shape index (κ1) is 30.4. The van der Waals surface area contributed by atoms with Crippen LogP contribution in [0, 0.1) is 5.82 Å². The van der Waals surface area contributed by atoms with Crippen LogP contribution in [0.4, 0.5) is 10.1 Å². The molecule has 0 aromatic heterocycles. The fourth-order valence-corrected chi connectivity index (χ4v) is 5.51. The van der Waals surface area contributed by atoms with E-state index < -0.39 is 40.4 Å². The van der Waals surface area contributed by atoms with E-state index in [1.54, 1.807) is 30.3 Å². The van der Waals surface area contributed by atoms with Gasteiger partial charge in [0.05, 0.1) is 5.69 Å². The molecule has 0 aliphatic heterocycles. The molecule has 8 nitrogen and oxygen atoms in total. The Labute approximate surface area is 238 Å². The normalized spacial score (nSPS) is 12.2. The highest BCUT2D eigenvalue weighted by Crippen LogP contribution is 2.28. The van der Waals surface area contributed by atoms with Crippen LogP contribution in [0.25, 0.3) is 0 Å². The third-order valence-electron chi connectivity index (χ3n) is 6.05. The standard InChI is InChI=1S/C27H29Cl2FN4O4S/c1-31-27(36)25(16-19-10-5-4-6-11-19)33(17-20-21(28)12-9-13-22(20)29)26(35)18-34(39(37,38)32(2)3)24-15-8-7-14-23(24)30/h4-15,25H,16-18H2,1-3H3,(H,31,36)/t25-/m1/s1. The molecule has 1 atom stereocenters. The molecule has 0 spiro atoms. The average molecular weight is 596 g/mol. The van der Waals surface area contributed by atoms with E-state index in [-0.39, 0.29) is 28.7 Å². The summed E-state index contributed by atoms with van der Waals surface area (Å²) < 4.78 is 42.9. The zero-order valence-corrected chi connectivity index (χ0v) is 24.0. The third kappa shape index (κ3) is 7.27. The number of rotatable bonds is 11. The summed E-state index contributed by atoms with van der Waals surface area (Å²) in [5.41, 5.74) is 0.833. The van der Waals surface area contributed by atoms with E-state index in [0.29, 0.717) is 9.87 Å². The molecule has 2 amide bonds. The molecular formula is C27H29Cl2FN4O4S. The van der Waals surface area contributed by atoms with Crippen molar-refractivity contribution in [1.82, 2.24) is 14.5 Å². The van der Waals surface area contributed by atoms with E-state index in [0.717, 1.165) is 15.9 Å². The van der Waals surface area contributed by atoms with Crippen molar-refractivity contribution in [2.45, 2.75) is 19.0 Å². The second kappa shape index (κ2) is 13.3. The second-order valence-electron chi connectivity index (χ2n) is 8.79. The molecule has 1 N–H and O–H groups in total. The lowest BCUT2D eigenvalue weighted by molar-refractivity contribution is -0.139. The number of carbonyl (C=O) groups excluding carboxylic acids is 2. The van der Waals surface area contributed by atoms with Gasteiger partial charge in [0.25, 0.3) is 0 Å². The van der Waals surface area contributed by atoms with E-state index >= 15 is 0 Å². The van der Waals surface area contributed by atoms with Crippen molar-refractivity contribution in [1.29, 1.82) is 0 Å². The number of benzene rings is 3. The Morgan fingerprint density at radius 2 is 1.51 bits per heavy atom. The molecular weight excluding hydrogens is 566 g/mol. The monoisotopic (exact) mass is 594 g/mol. The molecule has 3 aromatic carbocycles. The Morgan fingerprint density at radius 1 is 0.923 bits per heavy atom. The molecule has 3 rings (SSSR count). The molecule has 0 aliphatic carbocycles. The van der Waals surface area contributed by atoms with Gasteiger partial charge in [0.1, 0.15) is 18.4 Å². The molecule has 0 saturated carbocycles. The highest BCUT2D eigenvalue weighted by molar-refractivity contribution is 7.90. The Balaban J connectivity index is 2.12. The van der Waals surface area contributed by atoms with Crippen LogP contribution in [-0.4, -0.2) is 63.2 Å². The summed E-state index contributed by atoms with van der Waals surface area (Å²) in [6.45, 7) is -0.985. The number of carbonyl (C=O) groups is 2. The molecule has 3 aromatic rings. The van der Waals surface area contributed by atoms with Gasteiger partial charge in [0.2, 0.25) is 11.8 Å². The number of halogens is 3. The van der Waals surface area contributed by atoms with Crippen LogP contribution >= 0.6 is 23.2 Å². The van der Waals surface area contributed by atoms with Crippen LogP contribution in [0.2, 0.25) is 10.0 Å². The van der Waals surface area contributed by atoms with Crippen molar-refractivity contribution in [3.63, 3.8) is 0 Å². The molecule has 12 heteroatoms. The summed E-state index contributed by atoms with van der Waals surface area (Å²) in [5.74, 6) is -2.07. The number of likely N-dealkylation sites (N-methyl/N-ethyl adjacent to an activating group) is 1. The van der Waals surface area contributed by atoms with E-state index in [9.17, 15) is 22.4 Å². The smallest absolute Gasteiger partial charge is 0.304 e. The predicted octanol–water partition coefficient (Wildman–Crippen LogP) is 4.13. The van der Waals surface area contributed by atoms with Crippen molar-refractivity contribution >= 4 is 50.9 Å². The summed E-state index contributed by atoms with van der Waals surface area (Å²) >= 11 is 12.8. The van der Waals surface area contributed by atoms with Crippen LogP contribution in [0.3, 0.4) is 0 Å². The van der Waals surface area contributed by atoms with E-state index in [4.69, 9.17) is 23.2 Å². The summed E-state index contributed by atoms with van der Waals surface area (Å²) in [6.07, 6.45) is 0.119. The number of hydrogen-bond donors (Lipinski definition) is 1. The first-order chi connectivity index (χ1) is 18.5.